The van der Waals surface area contributed by atoms with Crippen molar-refractivity contribution < 1.29 is 4.79 Å². The molecule has 0 bridgehead atoms. The number of carbonyl (C=O) groups is 1. The van der Waals surface area contributed by atoms with Gasteiger partial charge in [-0.15, -0.1) is 0 Å². The maximum Gasteiger partial charge on any atom is 0.251 e. The molecule has 0 saturated carbocycles. The Balaban J connectivity index is 1.44. The Morgan fingerprint density at radius 1 is 1.29 bits per heavy atom. The summed E-state index contributed by atoms with van der Waals surface area (Å²) in [7, 11) is 1.94. The van der Waals surface area contributed by atoms with Crippen molar-refractivity contribution in [1.82, 2.24) is 20.0 Å². The summed E-state index contributed by atoms with van der Waals surface area (Å²) >= 11 is 0. The molecule has 1 N–H and O–H groups in total. The number of hydrogen-bond donors (Lipinski definition) is 1. The number of benzene rings is 1. The van der Waals surface area contributed by atoms with Gasteiger partial charge >= 0.3 is 0 Å². The molecule has 5 heteroatoms. The van der Waals surface area contributed by atoms with Crippen molar-refractivity contribution >= 4 is 5.91 Å². The highest BCUT2D eigenvalue weighted by Crippen LogP contribution is 2.18. The number of nitrogens with zero attached hydrogens (tertiary/aromatic N) is 3. The molecule has 5 nitrogen and oxygen atoms in total. The average molecular weight is 326 g/mol. The Morgan fingerprint density at radius 2 is 2.08 bits per heavy atom. The summed E-state index contributed by atoms with van der Waals surface area (Å²) in [6, 6.07) is 7.88. The molecule has 1 aromatic carbocycles. The molecule has 2 aromatic rings. The van der Waals surface area contributed by atoms with E-state index in [1.54, 1.807) is 0 Å². The molecule has 128 valence electrons. The smallest absolute Gasteiger partial charge is 0.251 e. The monoisotopic (exact) mass is 326 g/mol. The van der Waals surface area contributed by atoms with E-state index in [2.05, 4.69) is 28.4 Å². The minimum absolute atomic E-state index is 0.0309. The Labute approximate surface area is 143 Å². The van der Waals surface area contributed by atoms with E-state index >= 15 is 0 Å². The van der Waals surface area contributed by atoms with Crippen LogP contribution in [0.4, 0.5) is 0 Å². The molecule has 0 radical (unpaired) electrons. The van der Waals surface area contributed by atoms with E-state index in [0.717, 1.165) is 44.6 Å². The summed E-state index contributed by atoms with van der Waals surface area (Å²) in [6.45, 7) is 5.92. The topological polar surface area (TPSA) is 50.2 Å². The molecule has 1 atom stereocenters. The second-order valence-electron chi connectivity index (χ2n) is 6.67. The van der Waals surface area contributed by atoms with Crippen LogP contribution >= 0.6 is 0 Å². The van der Waals surface area contributed by atoms with Gasteiger partial charge in [0.2, 0.25) is 0 Å². The Kier molecular flexibility index (Phi) is 5.30. The predicted molar refractivity (Wildman–Crippen MR) is 94.7 cm³/mol. The van der Waals surface area contributed by atoms with Crippen LogP contribution in [0.3, 0.4) is 0 Å². The lowest BCUT2D eigenvalue weighted by Gasteiger charge is -2.15. The van der Waals surface area contributed by atoms with Gasteiger partial charge in [-0.1, -0.05) is 19.1 Å². The summed E-state index contributed by atoms with van der Waals surface area (Å²) in [6.07, 6.45) is 6.12. The van der Waals surface area contributed by atoms with Crippen LogP contribution in [0.5, 0.6) is 0 Å². The largest absolute Gasteiger partial charge is 0.352 e. The maximum absolute atomic E-state index is 12.2. The molecule has 1 aliphatic rings. The van der Waals surface area contributed by atoms with Crippen molar-refractivity contribution in [3.05, 3.63) is 53.3 Å². The lowest BCUT2D eigenvalue weighted by Crippen LogP contribution is -2.30. The summed E-state index contributed by atoms with van der Waals surface area (Å²) < 4.78 is 1.84. The second kappa shape index (κ2) is 7.62. The molecule has 1 unspecified atom stereocenters. The Hall–Kier alpha value is -2.14. The normalized spacial score (nSPS) is 18.0. The molecule has 1 aliphatic heterocycles. The molecule has 3 rings (SSSR count). The number of aryl methyl sites for hydroxylation is 2. The molecular formula is C19H26N4O. The summed E-state index contributed by atoms with van der Waals surface area (Å²) in [4.78, 5) is 14.7. The summed E-state index contributed by atoms with van der Waals surface area (Å²) in [5.41, 5.74) is 3.25. The average Bonchev–Trinajstić information content (AvgIpc) is 3.22. The highest BCUT2D eigenvalue weighted by molar-refractivity contribution is 5.94. The summed E-state index contributed by atoms with van der Waals surface area (Å²) in [5, 5.41) is 7.30. The molecule has 1 fully saturated rings. The fraction of sp³-hybridized carbons (Fsp3) is 0.474. The predicted octanol–water partition coefficient (Wildman–Crippen LogP) is 2.23. The van der Waals surface area contributed by atoms with Crippen molar-refractivity contribution in [2.45, 2.75) is 26.3 Å². The zero-order valence-electron chi connectivity index (χ0n) is 14.5. The number of likely N-dealkylation sites (tertiary alicyclic amines) is 1. The number of rotatable bonds is 6. The van der Waals surface area contributed by atoms with Gasteiger partial charge in [-0.05, 0) is 43.0 Å². The molecule has 0 spiro atoms. The fourth-order valence-electron chi connectivity index (χ4n) is 3.27. The van der Waals surface area contributed by atoms with Crippen LogP contribution in [-0.2, 0) is 20.0 Å². The standard InChI is InChI=1S/C19H26N4O/c1-3-15-4-6-18(7-5-15)19(24)20-10-16-8-9-23(13-16)14-17-11-21-22(2)12-17/h4-7,11-12,16H,3,8-10,13-14H2,1-2H3,(H,20,24). The third-order valence-corrected chi connectivity index (χ3v) is 4.71. The Morgan fingerprint density at radius 3 is 2.75 bits per heavy atom. The first-order valence-electron chi connectivity index (χ1n) is 8.71. The molecule has 1 saturated heterocycles. The van der Waals surface area contributed by atoms with Gasteiger partial charge in [-0.3, -0.25) is 14.4 Å². The van der Waals surface area contributed by atoms with Crippen molar-refractivity contribution in [1.29, 1.82) is 0 Å². The van der Waals surface area contributed by atoms with E-state index in [4.69, 9.17) is 0 Å². The van der Waals surface area contributed by atoms with Crippen LogP contribution < -0.4 is 5.32 Å². The van der Waals surface area contributed by atoms with E-state index in [0.29, 0.717) is 5.92 Å². The highest BCUT2D eigenvalue weighted by atomic mass is 16.1. The zero-order valence-corrected chi connectivity index (χ0v) is 14.5. The van der Waals surface area contributed by atoms with Gasteiger partial charge in [0.25, 0.3) is 5.91 Å². The number of carbonyl (C=O) groups excluding carboxylic acids is 1. The highest BCUT2D eigenvalue weighted by Gasteiger charge is 2.23. The fourth-order valence-corrected chi connectivity index (χ4v) is 3.27. The SMILES string of the molecule is CCc1ccc(C(=O)NCC2CCN(Cc3cnn(C)c3)C2)cc1. The molecule has 1 amide bonds. The van der Waals surface area contributed by atoms with Gasteiger partial charge in [0, 0.05) is 44.0 Å². The first-order valence-corrected chi connectivity index (χ1v) is 8.71. The van der Waals surface area contributed by atoms with Crippen molar-refractivity contribution in [3.8, 4) is 0 Å². The van der Waals surface area contributed by atoms with E-state index in [1.807, 2.05) is 42.2 Å². The second-order valence-corrected chi connectivity index (χ2v) is 6.67. The van der Waals surface area contributed by atoms with Crippen LogP contribution in [0, 0.1) is 5.92 Å². The number of amides is 1. The number of hydrogen-bond acceptors (Lipinski definition) is 3. The van der Waals surface area contributed by atoms with E-state index < -0.39 is 0 Å². The van der Waals surface area contributed by atoms with Crippen molar-refractivity contribution in [2.75, 3.05) is 19.6 Å². The van der Waals surface area contributed by atoms with E-state index in [1.165, 1.54) is 11.1 Å². The van der Waals surface area contributed by atoms with Crippen molar-refractivity contribution in [2.24, 2.45) is 13.0 Å². The van der Waals surface area contributed by atoms with Crippen LogP contribution in [0.2, 0.25) is 0 Å². The third-order valence-electron chi connectivity index (χ3n) is 4.71. The Bertz CT molecular complexity index is 677. The van der Waals surface area contributed by atoms with E-state index in [9.17, 15) is 4.79 Å². The minimum atomic E-state index is 0.0309. The van der Waals surface area contributed by atoms with Gasteiger partial charge in [0.1, 0.15) is 0 Å². The summed E-state index contributed by atoms with van der Waals surface area (Å²) in [5.74, 6) is 0.559. The van der Waals surface area contributed by atoms with Crippen LogP contribution in [0.1, 0.15) is 34.8 Å². The van der Waals surface area contributed by atoms with Crippen molar-refractivity contribution in [3.63, 3.8) is 0 Å². The van der Waals surface area contributed by atoms with Crippen LogP contribution in [0.15, 0.2) is 36.7 Å². The van der Waals surface area contributed by atoms with Gasteiger partial charge in [0.05, 0.1) is 6.20 Å². The molecule has 0 aliphatic carbocycles. The van der Waals surface area contributed by atoms with Crippen LogP contribution in [-0.4, -0.2) is 40.2 Å². The lowest BCUT2D eigenvalue weighted by molar-refractivity contribution is 0.0947. The quantitative estimate of drug-likeness (QED) is 0.886. The van der Waals surface area contributed by atoms with Gasteiger partial charge in [0.15, 0.2) is 0 Å². The minimum Gasteiger partial charge on any atom is -0.352 e. The first kappa shape index (κ1) is 16.7. The zero-order chi connectivity index (χ0) is 16.9. The van der Waals surface area contributed by atoms with Gasteiger partial charge in [-0.2, -0.15) is 5.10 Å². The first-order chi connectivity index (χ1) is 11.6. The molecular weight excluding hydrogens is 300 g/mol. The molecule has 2 heterocycles. The van der Waals surface area contributed by atoms with Gasteiger partial charge < -0.3 is 5.32 Å². The number of nitrogens with one attached hydrogen (secondary N) is 1. The van der Waals surface area contributed by atoms with E-state index in [-0.39, 0.29) is 5.91 Å². The van der Waals surface area contributed by atoms with Gasteiger partial charge in [-0.25, -0.2) is 0 Å². The van der Waals surface area contributed by atoms with Crippen LogP contribution in [0.25, 0.3) is 0 Å². The molecule has 1 aromatic heterocycles. The maximum atomic E-state index is 12.2. The lowest BCUT2D eigenvalue weighted by atomic mass is 10.1. The molecule has 24 heavy (non-hydrogen) atoms. The third kappa shape index (κ3) is 4.23. The number of aromatic nitrogens is 2.